The Morgan fingerprint density at radius 2 is 0.915 bits per heavy atom. The van der Waals surface area contributed by atoms with E-state index in [2.05, 4.69) is 230 Å². The molecule has 1 spiro atoms. The molecule has 0 saturated carbocycles. The van der Waals surface area contributed by atoms with Crippen molar-refractivity contribution in [1.29, 1.82) is 0 Å². The van der Waals surface area contributed by atoms with Crippen LogP contribution in [0.3, 0.4) is 0 Å². The van der Waals surface area contributed by atoms with E-state index >= 15 is 0 Å². The number of rotatable bonds is 4. The van der Waals surface area contributed by atoms with Gasteiger partial charge in [-0.15, -0.1) is 0 Å². The summed E-state index contributed by atoms with van der Waals surface area (Å²) in [6, 6.07) is 76.7. The fraction of sp³-hybridized carbons (Fsp3) is 0.0714. The first-order valence-electron chi connectivity index (χ1n) is 20.5. The van der Waals surface area contributed by atoms with Gasteiger partial charge in [0.1, 0.15) is 0 Å². The minimum atomic E-state index is -0.411. The predicted molar refractivity (Wildman–Crippen MR) is 247 cm³/mol. The third-order valence-electron chi connectivity index (χ3n) is 13.0. The lowest BCUT2D eigenvalue weighted by Gasteiger charge is -2.43. The summed E-state index contributed by atoms with van der Waals surface area (Å²) in [5, 5.41) is 2.51. The molecular weight excluding hydrogens is 733 g/mol. The Bertz CT molecular complexity index is 3090. The van der Waals surface area contributed by atoms with Gasteiger partial charge in [-0.2, -0.15) is 0 Å². The van der Waals surface area contributed by atoms with Crippen LogP contribution in [0.5, 0.6) is 0 Å². The van der Waals surface area contributed by atoms with E-state index < -0.39 is 5.41 Å². The molecule has 0 radical (unpaired) electrons. The second kappa shape index (κ2) is 12.8. The van der Waals surface area contributed by atoms with Crippen LogP contribution in [0.1, 0.15) is 47.2 Å². The van der Waals surface area contributed by atoms with Gasteiger partial charge < -0.3 is 9.80 Å². The number of hydrogen-bond donors (Lipinski definition) is 0. The van der Waals surface area contributed by atoms with Gasteiger partial charge in [-0.25, -0.2) is 0 Å². The van der Waals surface area contributed by atoms with Gasteiger partial charge in [-0.05, 0) is 128 Å². The van der Waals surface area contributed by atoms with E-state index in [0.717, 1.165) is 22.7 Å². The molecule has 3 heteroatoms. The Morgan fingerprint density at radius 1 is 0.390 bits per heavy atom. The van der Waals surface area contributed by atoms with Crippen LogP contribution >= 0.6 is 11.8 Å². The molecule has 9 aromatic rings. The molecule has 0 saturated heterocycles. The summed E-state index contributed by atoms with van der Waals surface area (Å²) in [4.78, 5) is 7.56. The van der Waals surface area contributed by atoms with Crippen molar-refractivity contribution < 1.29 is 0 Å². The van der Waals surface area contributed by atoms with Crippen molar-refractivity contribution >= 4 is 56.7 Å². The lowest BCUT2D eigenvalue weighted by Crippen LogP contribution is -2.32. The molecule has 12 rings (SSSR count). The van der Waals surface area contributed by atoms with Crippen molar-refractivity contribution in [2.75, 3.05) is 9.80 Å². The summed E-state index contributed by atoms with van der Waals surface area (Å²) in [6.45, 7) is 4.76. The highest BCUT2D eigenvalue weighted by molar-refractivity contribution is 7.99. The van der Waals surface area contributed by atoms with Crippen LogP contribution in [-0.2, 0) is 10.8 Å². The van der Waals surface area contributed by atoms with E-state index in [-0.39, 0.29) is 5.41 Å². The highest BCUT2D eigenvalue weighted by Crippen LogP contribution is 2.63. The molecule has 9 aromatic carbocycles. The predicted octanol–water partition coefficient (Wildman–Crippen LogP) is 15.2. The number of para-hydroxylation sites is 2. The molecule has 0 fully saturated rings. The van der Waals surface area contributed by atoms with E-state index in [1.165, 1.54) is 76.4 Å². The van der Waals surface area contributed by atoms with Crippen molar-refractivity contribution in [1.82, 2.24) is 0 Å². The van der Waals surface area contributed by atoms with Crippen LogP contribution in [0.4, 0.5) is 34.1 Å². The van der Waals surface area contributed by atoms with Crippen molar-refractivity contribution in [3.63, 3.8) is 0 Å². The largest absolute Gasteiger partial charge is 0.310 e. The number of anilines is 6. The van der Waals surface area contributed by atoms with Gasteiger partial charge in [0.15, 0.2) is 0 Å². The Labute approximate surface area is 350 Å². The Kier molecular flexibility index (Phi) is 7.46. The molecule has 0 aromatic heterocycles. The highest BCUT2D eigenvalue weighted by atomic mass is 32.2. The molecule has 59 heavy (non-hydrogen) atoms. The molecule has 0 unspecified atom stereocenters. The first-order chi connectivity index (χ1) is 29.0. The van der Waals surface area contributed by atoms with E-state index in [1.807, 2.05) is 11.8 Å². The Balaban J connectivity index is 1.09. The number of hydrogen-bond acceptors (Lipinski definition) is 3. The number of nitrogens with zero attached hydrogens (tertiary/aromatic N) is 2. The molecule has 0 bridgehead atoms. The summed E-state index contributed by atoms with van der Waals surface area (Å²) in [5.74, 6) is 0. The molecule has 3 aliphatic rings. The summed E-state index contributed by atoms with van der Waals surface area (Å²) in [6.07, 6.45) is 0. The maximum absolute atomic E-state index is 2.48. The molecule has 0 N–H and O–H groups in total. The van der Waals surface area contributed by atoms with Gasteiger partial charge in [0.05, 0.1) is 16.8 Å². The summed E-state index contributed by atoms with van der Waals surface area (Å²) < 4.78 is 0. The van der Waals surface area contributed by atoms with Gasteiger partial charge in [0.25, 0.3) is 0 Å². The van der Waals surface area contributed by atoms with Crippen LogP contribution < -0.4 is 9.80 Å². The zero-order valence-corrected chi connectivity index (χ0v) is 33.7. The van der Waals surface area contributed by atoms with Gasteiger partial charge in [0, 0.05) is 38.0 Å². The molecule has 2 nitrogen and oxygen atoms in total. The quantitative estimate of drug-likeness (QED) is 0.176. The summed E-state index contributed by atoms with van der Waals surface area (Å²) in [5.41, 5.74) is 16.9. The van der Waals surface area contributed by atoms with Gasteiger partial charge in [-0.1, -0.05) is 159 Å². The number of benzene rings is 9. The second-order valence-corrected chi connectivity index (χ2v) is 17.6. The first kappa shape index (κ1) is 34.3. The van der Waals surface area contributed by atoms with Crippen molar-refractivity contribution in [3.8, 4) is 11.1 Å². The number of fused-ring (bicyclic) bond motifs is 12. The van der Waals surface area contributed by atoms with Gasteiger partial charge >= 0.3 is 0 Å². The van der Waals surface area contributed by atoms with Crippen LogP contribution in [-0.4, -0.2) is 0 Å². The average Bonchev–Trinajstić information content (AvgIpc) is 3.57. The lowest BCUT2D eigenvalue weighted by molar-refractivity contribution is 0.633. The average molecular weight is 773 g/mol. The molecule has 0 atom stereocenters. The fourth-order valence-corrected chi connectivity index (χ4v) is 11.6. The van der Waals surface area contributed by atoms with Crippen molar-refractivity contribution in [2.24, 2.45) is 0 Å². The molecule has 2 heterocycles. The fourth-order valence-electron chi connectivity index (χ4n) is 10.4. The molecule has 0 amide bonds. The summed E-state index contributed by atoms with van der Waals surface area (Å²) >= 11 is 1.89. The van der Waals surface area contributed by atoms with Crippen LogP contribution in [0.25, 0.3) is 21.9 Å². The van der Waals surface area contributed by atoms with E-state index in [1.54, 1.807) is 0 Å². The SMILES string of the molecule is CC1(C)c2ccc(N(c3ccccc3)c3ccc4c(c3)-c3ccccc3C43c4ccccc4Sc4ccccc43)cc2N(c2ccccc2)c2cc3ccccc3cc21. The molecule has 1 aliphatic carbocycles. The van der Waals surface area contributed by atoms with E-state index in [9.17, 15) is 0 Å². The Hall–Kier alpha value is -6.81. The second-order valence-electron chi connectivity index (χ2n) is 16.5. The van der Waals surface area contributed by atoms with Crippen LogP contribution in [0.2, 0.25) is 0 Å². The zero-order chi connectivity index (χ0) is 39.3. The minimum absolute atomic E-state index is 0.230. The molecule has 2 aliphatic heterocycles. The van der Waals surface area contributed by atoms with Crippen molar-refractivity contribution in [3.05, 3.63) is 240 Å². The Morgan fingerprint density at radius 3 is 1.63 bits per heavy atom. The maximum Gasteiger partial charge on any atom is 0.0735 e. The third kappa shape index (κ3) is 4.89. The van der Waals surface area contributed by atoms with Crippen molar-refractivity contribution in [2.45, 2.75) is 34.5 Å². The van der Waals surface area contributed by atoms with E-state index in [0.29, 0.717) is 0 Å². The first-order valence-corrected chi connectivity index (χ1v) is 21.3. The lowest BCUT2D eigenvalue weighted by atomic mass is 9.67. The third-order valence-corrected chi connectivity index (χ3v) is 14.2. The zero-order valence-electron chi connectivity index (χ0n) is 32.9. The smallest absolute Gasteiger partial charge is 0.0735 e. The maximum atomic E-state index is 2.48. The standard InChI is InChI=1S/C56H40N2S/c1-55(2)47-32-30-42(36-52(47)58(40-21-7-4-8-22-40)51-34-38-18-10-9-17-37(38)33-50(51)55)57(39-19-5-3-6-20-39)41-29-31-46-44(35-41)43-23-11-12-24-45(43)56(46)48-25-13-15-27-53(48)59-54-28-16-14-26-49(54)56/h3-36H,1-2H3. The summed E-state index contributed by atoms with van der Waals surface area (Å²) in [7, 11) is 0. The highest BCUT2D eigenvalue weighted by Gasteiger charge is 2.50. The minimum Gasteiger partial charge on any atom is -0.310 e. The van der Waals surface area contributed by atoms with Crippen LogP contribution in [0.15, 0.2) is 216 Å². The van der Waals surface area contributed by atoms with Crippen LogP contribution in [0, 0.1) is 0 Å². The molecular formula is C56H40N2S. The van der Waals surface area contributed by atoms with E-state index in [4.69, 9.17) is 0 Å². The monoisotopic (exact) mass is 772 g/mol. The van der Waals surface area contributed by atoms with Gasteiger partial charge in [-0.3, -0.25) is 0 Å². The topological polar surface area (TPSA) is 6.48 Å². The normalized spacial score (nSPS) is 14.8. The molecule has 280 valence electrons. The van der Waals surface area contributed by atoms with Gasteiger partial charge in [0.2, 0.25) is 0 Å².